The van der Waals surface area contributed by atoms with Gasteiger partial charge in [0.05, 0.1) is 31.0 Å². The van der Waals surface area contributed by atoms with Gasteiger partial charge in [0, 0.05) is 12.4 Å². The van der Waals surface area contributed by atoms with Gasteiger partial charge in [-0.3, -0.25) is 0 Å². The lowest BCUT2D eigenvalue weighted by Crippen LogP contribution is -2.44. The van der Waals surface area contributed by atoms with Crippen molar-refractivity contribution in [2.45, 2.75) is 20.4 Å². The number of imidazole rings is 1. The second kappa shape index (κ2) is 5.55. The van der Waals surface area contributed by atoms with Gasteiger partial charge in [0.15, 0.2) is 0 Å². The van der Waals surface area contributed by atoms with Gasteiger partial charge < -0.3 is 19.9 Å². The highest BCUT2D eigenvalue weighted by atomic mass is 16.5. The maximum absolute atomic E-state index is 11.8. The van der Waals surface area contributed by atoms with Crippen LogP contribution in [0.4, 0.5) is 4.79 Å². The van der Waals surface area contributed by atoms with E-state index in [0.717, 1.165) is 5.82 Å². The number of carbonyl (C=O) groups is 2. The summed E-state index contributed by atoms with van der Waals surface area (Å²) in [4.78, 5) is 27.3. The molecule has 19 heavy (non-hydrogen) atoms. The number of aryl methyl sites for hydroxylation is 1. The molecule has 0 atom stereocenters. The maximum atomic E-state index is 11.8. The maximum Gasteiger partial charge on any atom is 0.337 e. The van der Waals surface area contributed by atoms with Crippen LogP contribution in [0.25, 0.3) is 0 Å². The van der Waals surface area contributed by atoms with E-state index in [4.69, 9.17) is 4.74 Å². The van der Waals surface area contributed by atoms with Crippen LogP contribution in [0.1, 0.15) is 12.7 Å². The van der Waals surface area contributed by atoms with Gasteiger partial charge in [-0.25, -0.2) is 14.6 Å². The minimum absolute atomic E-state index is 0.174. The molecule has 0 aliphatic carbocycles. The zero-order valence-corrected chi connectivity index (χ0v) is 10.9. The molecule has 2 N–H and O–H groups in total. The minimum Gasteiger partial charge on any atom is -0.463 e. The molecule has 0 saturated carbocycles. The predicted octanol–water partition coefficient (Wildman–Crippen LogP) is 0.322. The van der Waals surface area contributed by atoms with Crippen molar-refractivity contribution < 1.29 is 14.3 Å². The summed E-state index contributed by atoms with van der Waals surface area (Å²) in [5.41, 5.74) is 0.984. The molecule has 2 rings (SSSR count). The summed E-state index contributed by atoms with van der Waals surface area (Å²) in [5, 5.41) is 5.21. The molecular weight excluding hydrogens is 248 g/mol. The van der Waals surface area contributed by atoms with Crippen molar-refractivity contribution in [1.29, 1.82) is 0 Å². The summed E-state index contributed by atoms with van der Waals surface area (Å²) in [6.07, 6.45) is 3.46. The second-order valence-electron chi connectivity index (χ2n) is 4.09. The van der Waals surface area contributed by atoms with E-state index in [0.29, 0.717) is 24.4 Å². The highest BCUT2D eigenvalue weighted by Gasteiger charge is 2.23. The van der Waals surface area contributed by atoms with E-state index in [-0.39, 0.29) is 12.6 Å². The van der Waals surface area contributed by atoms with Crippen LogP contribution in [-0.4, -0.2) is 34.7 Å². The van der Waals surface area contributed by atoms with E-state index in [2.05, 4.69) is 15.6 Å². The summed E-state index contributed by atoms with van der Waals surface area (Å²) in [5.74, 6) is 0.395. The number of urea groups is 1. The van der Waals surface area contributed by atoms with Gasteiger partial charge in [0.25, 0.3) is 0 Å². The first-order valence-corrected chi connectivity index (χ1v) is 6.03. The van der Waals surface area contributed by atoms with E-state index < -0.39 is 5.97 Å². The van der Waals surface area contributed by atoms with Gasteiger partial charge in [0.2, 0.25) is 0 Å². The Morgan fingerprint density at radius 3 is 3.00 bits per heavy atom. The molecule has 0 aromatic carbocycles. The average Bonchev–Trinajstić information content (AvgIpc) is 2.75. The SMILES string of the molecule is CCOC(=O)C1=C(Cn2ccnc2C)NC(=O)NC1. The molecular formula is C12H16N4O3. The monoisotopic (exact) mass is 264 g/mol. The number of esters is 1. The summed E-state index contributed by atoms with van der Waals surface area (Å²) in [6.45, 7) is 4.45. The van der Waals surface area contributed by atoms with Crippen LogP contribution in [0.2, 0.25) is 0 Å². The van der Waals surface area contributed by atoms with Gasteiger partial charge in [-0.15, -0.1) is 0 Å². The molecule has 1 aliphatic heterocycles. The van der Waals surface area contributed by atoms with E-state index in [1.165, 1.54) is 0 Å². The summed E-state index contributed by atoms with van der Waals surface area (Å²) in [7, 11) is 0. The quantitative estimate of drug-likeness (QED) is 0.767. The second-order valence-corrected chi connectivity index (χ2v) is 4.09. The van der Waals surface area contributed by atoms with Crippen molar-refractivity contribution in [2.75, 3.05) is 13.2 Å². The Balaban J connectivity index is 2.26. The van der Waals surface area contributed by atoms with E-state index in [1.807, 2.05) is 11.5 Å². The fourth-order valence-corrected chi connectivity index (χ4v) is 1.82. The molecule has 0 bridgehead atoms. The van der Waals surface area contributed by atoms with Gasteiger partial charge in [-0.05, 0) is 13.8 Å². The zero-order chi connectivity index (χ0) is 13.8. The third-order valence-corrected chi connectivity index (χ3v) is 2.83. The molecule has 0 radical (unpaired) electrons. The molecule has 102 valence electrons. The van der Waals surface area contributed by atoms with Crippen molar-refractivity contribution in [3.63, 3.8) is 0 Å². The van der Waals surface area contributed by atoms with Crippen LogP contribution in [0.3, 0.4) is 0 Å². The Hall–Kier alpha value is -2.31. The number of ether oxygens (including phenoxy) is 1. The molecule has 2 amide bonds. The number of hydrogen-bond acceptors (Lipinski definition) is 4. The number of hydrogen-bond donors (Lipinski definition) is 2. The highest BCUT2D eigenvalue weighted by molar-refractivity contribution is 5.93. The number of rotatable bonds is 4. The van der Waals surface area contributed by atoms with Crippen molar-refractivity contribution in [2.24, 2.45) is 0 Å². The Morgan fingerprint density at radius 2 is 2.37 bits per heavy atom. The fourth-order valence-electron chi connectivity index (χ4n) is 1.82. The van der Waals surface area contributed by atoms with Crippen LogP contribution in [0.15, 0.2) is 23.7 Å². The first kappa shape index (κ1) is 13.1. The van der Waals surface area contributed by atoms with Crippen LogP contribution in [0.5, 0.6) is 0 Å². The molecule has 1 aliphatic rings. The number of aromatic nitrogens is 2. The van der Waals surface area contributed by atoms with Crippen LogP contribution >= 0.6 is 0 Å². The number of allylic oxidation sites excluding steroid dienone is 1. The lowest BCUT2D eigenvalue weighted by Gasteiger charge is -2.21. The largest absolute Gasteiger partial charge is 0.463 e. The predicted molar refractivity (Wildman–Crippen MR) is 67.2 cm³/mol. The molecule has 0 fully saturated rings. The number of nitrogens with zero attached hydrogens (tertiary/aromatic N) is 2. The minimum atomic E-state index is -0.414. The molecule has 0 saturated heterocycles. The smallest absolute Gasteiger partial charge is 0.337 e. The van der Waals surface area contributed by atoms with Gasteiger partial charge in [-0.1, -0.05) is 0 Å². The summed E-state index contributed by atoms with van der Waals surface area (Å²) < 4.78 is 6.83. The Bertz CT molecular complexity index is 533. The molecule has 0 unspecified atom stereocenters. The third-order valence-electron chi connectivity index (χ3n) is 2.83. The normalized spacial score (nSPS) is 14.9. The molecule has 2 heterocycles. The number of nitrogens with one attached hydrogen (secondary N) is 2. The zero-order valence-electron chi connectivity index (χ0n) is 10.9. The molecule has 0 spiro atoms. The van der Waals surface area contributed by atoms with Gasteiger partial charge in [0.1, 0.15) is 5.82 Å². The summed E-state index contributed by atoms with van der Waals surface area (Å²) in [6, 6.07) is -0.319. The lowest BCUT2D eigenvalue weighted by molar-refractivity contribution is -0.138. The molecule has 1 aromatic rings. The van der Waals surface area contributed by atoms with Gasteiger partial charge in [-0.2, -0.15) is 0 Å². The van der Waals surface area contributed by atoms with Crippen LogP contribution in [-0.2, 0) is 16.1 Å². The van der Waals surface area contributed by atoms with Crippen molar-refractivity contribution in [3.05, 3.63) is 29.5 Å². The number of amides is 2. The first-order valence-electron chi connectivity index (χ1n) is 6.03. The Labute approximate surface area is 110 Å². The fraction of sp³-hybridized carbons (Fsp3) is 0.417. The van der Waals surface area contributed by atoms with Crippen molar-refractivity contribution in [3.8, 4) is 0 Å². The van der Waals surface area contributed by atoms with Crippen LogP contribution in [0, 0.1) is 6.92 Å². The highest BCUT2D eigenvalue weighted by Crippen LogP contribution is 2.11. The molecule has 7 heteroatoms. The molecule has 1 aromatic heterocycles. The summed E-state index contributed by atoms with van der Waals surface area (Å²) >= 11 is 0. The van der Waals surface area contributed by atoms with E-state index in [1.54, 1.807) is 19.3 Å². The third kappa shape index (κ3) is 2.93. The Morgan fingerprint density at radius 1 is 1.58 bits per heavy atom. The van der Waals surface area contributed by atoms with Crippen molar-refractivity contribution in [1.82, 2.24) is 20.2 Å². The number of carbonyl (C=O) groups excluding carboxylic acids is 2. The lowest BCUT2D eigenvalue weighted by atomic mass is 10.1. The first-order chi connectivity index (χ1) is 9.11. The van der Waals surface area contributed by atoms with E-state index >= 15 is 0 Å². The average molecular weight is 264 g/mol. The van der Waals surface area contributed by atoms with E-state index in [9.17, 15) is 9.59 Å². The Kier molecular flexibility index (Phi) is 3.84. The molecule has 7 nitrogen and oxygen atoms in total. The topological polar surface area (TPSA) is 85.2 Å². The van der Waals surface area contributed by atoms with Gasteiger partial charge >= 0.3 is 12.0 Å². The van der Waals surface area contributed by atoms with Crippen molar-refractivity contribution >= 4 is 12.0 Å². The van der Waals surface area contributed by atoms with Crippen LogP contribution < -0.4 is 10.6 Å². The standard InChI is InChI=1S/C12H16N4O3/c1-3-19-11(17)9-6-14-12(18)15-10(9)7-16-5-4-13-8(16)2/h4-5H,3,6-7H2,1-2H3,(H2,14,15,18).